The van der Waals surface area contributed by atoms with Gasteiger partial charge in [0.2, 0.25) is 0 Å². The summed E-state index contributed by atoms with van der Waals surface area (Å²) in [5, 5.41) is 5.09. The number of hydrogen-bond acceptors (Lipinski definition) is 5. The minimum absolute atomic E-state index is 0.0136. The lowest BCUT2D eigenvalue weighted by Crippen LogP contribution is -2.48. The van der Waals surface area contributed by atoms with Gasteiger partial charge in [0.05, 0.1) is 27.8 Å². The van der Waals surface area contributed by atoms with Gasteiger partial charge in [0.25, 0.3) is 11.8 Å². The van der Waals surface area contributed by atoms with Crippen molar-refractivity contribution in [3.05, 3.63) is 51.2 Å². The highest BCUT2D eigenvalue weighted by atomic mass is 35.5. The molecule has 1 aromatic carbocycles. The second-order valence-corrected chi connectivity index (χ2v) is 10.2. The van der Waals surface area contributed by atoms with Crippen molar-refractivity contribution in [1.29, 1.82) is 0 Å². The number of thiophene rings is 1. The number of carbonyl (C=O) groups excluding carboxylic acids is 2. The molecule has 0 bridgehead atoms. The van der Waals surface area contributed by atoms with Crippen LogP contribution in [-0.2, 0) is 4.74 Å². The first-order valence-electron chi connectivity index (χ1n) is 11.2. The number of piperidine rings is 1. The third-order valence-corrected chi connectivity index (χ3v) is 7.32. The SMILES string of the molecule is CC1CN(CC2CCN(C(=O)c3ccc(Cl)c(NC(=O)c4cccs4)c3)CC2)CC(C)O1. The molecule has 2 fully saturated rings. The molecule has 0 spiro atoms. The molecule has 2 aliphatic heterocycles. The minimum atomic E-state index is -0.223. The molecule has 172 valence electrons. The summed E-state index contributed by atoms with van der Waals surface area (Å²) in [6, 6.07) is 8.66. The average Bonchev–Trinajstić information content (AvgIpc) is 3.30. The van der Waals surface area contributed by atoms with E-state index in [1.54, 1.807) is 24.3 Å². The fourth-order valence-electron chi connectivity index (χ4n) is 4.65. The fourth-order valence-corrected chi connectivity index (χ4v) is 5.43. The highest BCUT2D eigenvalue weighted by molar-refractivity contribution is 7.12. The summed E-state index contributed by atoms with van der Waals surface area (Å²) in [5.74, 6) is 0.363. The van der Waals surface area contributed by atoms with E-state index in [2.05, 4.69) is 24.1 Å². The lowest BCUT2D eigenvalue weighted by molar-refractivity contribution is -0.0728. The van der Waals surface area contributed by atoms with E-state index in [-0.39, 0.29) is 24.0 Å². The van der Waals surface area contributed by atoms with Gasteiger partial charge in [-0.15, -0.1) is 11.3 Å². The number of halogens is 1. The molecular formula is C24H30ClN3O3S. The van der Waals surface area contributed by atoms with Crippen LogP contribution in [0.25, 0.3) is 0 Å². The number of benzene rings is 1. The van der Waals surface area contributed by atoms with E-state index >= 15 is 0 Å². The Labute approximate surface area is 198 Å². The third kappa shape index (κ3) is 5.70. The minimum Gasteiger partial charge on any atom is -0.373 e. The Bertz CT molecular complexity index is 934. The van der Waals surface area contributed by atoms with Crippen molar-refractivity contribution in [2.24, 2.45) is 5.92 Å². The third-order valence-electron chi connectivity index (χ3n) is 6.12. The molecule has 0 radical (unpaired) electrons. The van der Waals surface area contributed by atoms with Crippen LogP contribution in [0.1, 0.15) is 46.7 Å². The summed E-state index contributed by atoms with van der Waals surface area (Å²) >= 11 is 7.64. The fraction of sp³-hybridized carbons (Fsp3) is 0.500. The largest absolute Gasteiger partial charge is 0.373 e. The normalized spacial score (nSPS) is 22.7. The summed E-state index contributed by atoms with van der Waals surface area (Å²) in [5.41, 5.74) is 1.01. The van der Waals surface area contributed by atoms with E-state index in [9.17, 15) is 9.59 Å². The number of carbonyl (C=O) groups is 2. The summed E-state index contributed by atoms with van der Waals surface area (Å²) in [6.07, 6.45) is 2.56. The van der Waals surface area contributed by atoms with Crippen LogP contribution in [0.3, 0.4) is 0 Å². The highest BCUT2D eigenvalue weighted by Crippen LogP contribution is 2.27. The monoisotopic (exact) mass is 475 g/mol. The predicted octanol–water partition coefficient (Wildman–Crippen LogP) is 4.62. The molecule has 0 aliphatic carbocycles. The van der Waals surface area contributed by atoms with Gasteiger partial charge in [0, 0.05) is 38.3 Å². The van der Waals surface area contributed by atoms with Crippen molar-refractivity contribution < 1.29 is 14.3 Å². The van der Waals surface area contributed by atoms with Crippen LogP contribution in [0.4, 0.5) is 5.69 Å². The van der Waals surface area contributed by atoms with Crippen molar-refractivity contribution in [3.8, 4) is 0 Å². The van der Waals surface area contributed by atoms with Gasteiger partial charge in [-0.25, -0.2) is 0 Å². The first-order chi connectivity index (χ1) is 15.4. The number of anilines is 1. The average molecular weight is 476 g/mol. The maximum Gasteiger partial charge on any atom is 0.265 e. The van der Waals surface area contributed by atoms with E-state index in [4.69, 9.17) is 16.3 Å². The molecular weight excluding hydrogens is 446 g/mol. The van der Waals surface area contributed by atoms with Crippen LogP contribution in [0.15, 0.2) is 35.7 Å². The van der Waals surface area contributed by atoms with Crippen LogP contribution >= 0.6 is 22.9 Å². The number of ether oxygens (including phenoxy) is 1. The Morgan fingerprint density at radius 3 is 2.53 bits per heavy atom. The van der Waals surface area contributed by atoms with Gasteiger partial charge >= 0.3 is 0 Å². The lowest BCUT2D eigenvalue weighted by atomic mass is 9.95. The van der Waals surface area contributed by atoms with Gasteiger partial charge in [-0.05, 0) is 62.3 Å². The molecule has 3 heterocycles. The van der Waals surface area contributed by atoms with Gasteiger partial charge in [-0.1, -0.05) is 17.7 Å². The maximum atomic E-state index is 13.1. The van der Waals surface area contributed by atoms with E-state index in [0.717, 1.165) is 45.6 Å². The van der Waals surface area contributed by atoms with Crippen LogP contribution in [0, 0.1) is 5.92 Å². The van der Waals surface area contributed by atoms with E-state index in [1.807, 2.05) is 16.3 Å². The molecule has 1 N–H and O–H groups in total. The molecule has 4 rings (SSSR count). The number of amides is 2. The summed E-state index contributed by atoms with van der Waals surface area (Å²) in [7, 11) is 0. The standard InChI is InChI=1S/C24H30ClN3O3S/c1-16-13-27(14-17(2)31-16)15-18-7-9-28(10-8-18)24(30)19-5-6-20(25)21(12-19)26-23(29)22-4-3-11-32-22/h3-6,11-12,16-18H,7-10,13-15H2,1-2H3,(H,26,29). The van der Waals surface area contributed by atoms with Crippen LogP contribution in [0.2, 0.25) is 5.02 Å². The molecule has 2 saturated heterocycles. The molecule has 0 saturated carbocycles. The van der Waals surface area contributed by atoms with Crippen LogP contribution in [0.5, 0.6) is 0 Å². The number of hydrogen-bond donors (Lipinski definition) is 1. The van der Waals surface area contributed by atoms with Crippen molar-refractivity contribution in [2.45, 2.75) is 38.9 Å². The molecule has 1 aromatic heterocycles. The zero-order chi connectivity index (χ0) is 22.7. The summed E-state index contributed by atoms with van der Waals surface area (Å²) < 4.78 is 5.84. The van der Waals surface area contributed by atoms with Crippen molar-refractivity contribution in [2.75, 3.05) is 38.0 Å². The van der Waals surface area contributed by atoms with Crippen molar-refractivity contribution >= 4 is 40.4 Å². The summed E-state index contributed by atoms with van der Waals surface area (Å²) in [6.45, 7) is 8.79. The molecule has 2 aromatic rings. The highest BCUT2D eigenvalue weighted by Gasteiger charge is 2.28. The van der Waals surface area contributed by atoms with Crippen molar-refractivity contribution in [3.63, 3.8) is 0 Å². The van der Waals surface area contributed by atoms with Crippen molar-refractivity contribution in [1.82, 2.24) is 9.80 Å². The van der Waals surface area contributed by atoms with Gasteiger partial charge in [-0.3, -0.25) is 14.5 Å². The molecule has 6 nitrogen and oxygen atoms in total. The predicted molar refractivity (Wildman–Crippen MR) is 129 cm³/mol. The zero-order valence-electron chi connectivity index (χ0n) is 18.6. The summed E-state index contributed by atoms with van der Waals surface area (Å²) in [4.78, 5) is 30.5. The second-order valence-electron chi connectivity index (χ2n) is 8.84. The smallest absolute Gasteiger partial charge is 0.265 e. The number of nitrogens with one attached hydrogen (secondary N) is 1. The van der Waals surface area contributed by atoms with E-state index in [0.29, 0.717) is 27.1 Å². The lowest BCUT2D eigenvalue weighted by Gasteiger charge is -2.39. The number of rotatable bonds is 5. The first kappa shape index (κ1) is 23.2. The van der Waals surface area contributed by atoms with Crippen LogP contribution in [-0.4, -0.2) is 66.5 Å². The molecule has 2 atom stereocenters. The molecule has 2 amide bonds. The molecule has 32 heavy (non-hydrogen) atoms. The molecule has 8 heteroatoms. The maximum absolute atomic E-state index is 13.1. The second kappa shape index (κ2) is 10.3. The topological polar surface area (TPSA) is 61.9 Å². The van der Waals surface area contributed by atoms with E-state index < -0.39 is 0 Å². The Hall–Kier alpha value is -1.93. The van der Waals surface area contributed by atoms with Crippen LogP contribution < -0.4 is 5.32 Å². The number of nitrogens with zero attached hydrogens (tertiary/aromatic N) is 2. The Balaban J connectivity index is 1.33. The first-order valence-corrected chi connectivity index (χ1v) is 12.5. The Morgan fingerprint density at radius 1 is 1.16 bits per heavy atom. The van der Waals surface area contributed by atoms with Gasteiger partial charge in [0.15, 0.2) is 0 Å². The van der Waals surface area contributed by atoms with Gasteiger partial charge < -0.3 is 15.0 Å². The Kier molecular flexibility index (Phi) is 7.51. The zero-order valence-corrected chi connectivity index (χ0v) is 20.1. The molecule has 2 aliphatic rings. The molecule has 2 unspecified atom stereocenters. The number of likely N-dealkylation sites (tertiary alicyclic amines) is 1. The number of morpholine rings is 1. The van der Waals surface area contributed by atoms with E-state index in [1.165, 1.54) is 11.3 Å². The van der Waals surface area contributed by atoms with Gasteiger partial charge in [-0.2, -0.15) is 0 Å². The quantitative estimate of drug-likeness (QED) is 0.685. The van der Waals surface area contributed by atoms with Gasteiger partial charge in [0.1, 0.15) is 0 Å². The Morgan fingerprint density at radius 2 is 1.88 bits per heavy atom.